The van der Waals surface area contributed by atoms with Crippen LogP contribution in [-0.2, 0) is 14.8 Å². The Morgan fingerprint density at radius 2 is 1.80 bits per heavy atom. The van der Waals surface area contributed by atoms with E-state index in [0.717, 1.165) is 6.07 Å². The summed E-state index contributed by atoms with van der Waals surface area (Å²) in [6.45, 7) is 0.378. The van der Waals surface area contributed by atoms with Crippen LogP contribution >= 0.6 is 15.9 Å². The normalized spacial score (nSPS) is 11.0. The van der Waals surface area contributed by atoms with Crippen LogP contribution in [0, 0.1) is 0 Å². The Kier molecular flexibility index (Phi) is 6.35. The van der Waals surface area contributed by atoms with Crippen molar-refractivity contribution in [1.29, 1.82) is 0 Å². The fourth-order valence-corrected chi connectivity index (χ4v) is 2.83. The molecule has 0 atom stereocenters. The van der Waals surface area contributed by atoms with E-state index in [9.17, 15) is 18.4 Å². The maximum Gasteiger partial charge on any atom is 0.387 e. The van der Waals surface area contributed by atoms with Gasteiger partial charge in [-0.1, -0.05) is 15.9 Å². The van der Waals surface area contributed by atoms with Crippen molar-refractivity contribution in [3.8, 4) is 5.75 Å². The SMILES string of the molecule is CCOC(=O)c1oc2c(OC(F)F)ccc(C(=O)OCC)c2c1CBr. The van der Waals surface area contributed by atoms with Crippen LogP contribution in [0.25, 0.3) is 11.0 Å². The third kappa shape index (κ3) is 3.92. The zero-order valence-corrected chi connectivity index (χ0v) is 15.0. The summed E-state index contributed by atoms with van der Waals surface area (Å²) in [6, 6.07) is 2.45. The number of esters is 2. The summed E-state index contributed by atoms with van der Waals surface area (Å²) >= 11 is 3.22. The lowest BCUT2D eigenvalue weighted by atomic mass is 10.0. The molecule has 0 saturated carbocycles. The summed E-state index contributed by atoms with van der Waals surface area (Å²) in [6.07, 6.45) is 0. The van der Waals surface area contributed by atoms with Crippen molar-refractivity contribution in [2.75, 3.05) is 13.2 Å². The highest BCUT2D eigenvalue weighted by molar-refractivity contribution is 9.08. The third-order valence-corrected chi connectivity index (χ3v) is 3.77. The van der Waals surface area contributed by atoms with Gasteiger partial charge in [-0.15, -0.1) is 0 Å². The maximum absolute atomic E-state index is 12.6. The lowest BCUT2D eigenvalue weighted by Gasteiger charge is -2.08. The van der Waals surface area contributed by atoms with Crippen molar-refractivity contribution in [3.05, 3.63) is 29.0 Å². The van der Waals surface area contributed by atoms with Crippen LogP contribution in [0.5, 0.6) is 5.75 Å². The van der Waals surface area contributed by atoms with Crippen LogP contribution in [0.15, 0.2) is 16.5 Å². The van der Waals surface area contributed by atoms with Crippen molar-refractivity contribution in [2.24, 2.45) is 0 Å². The summed E-state index contributed by atoms with van der Waals surface area (Å²) < 4.78 is 45.0. The second kappa shape index (κ2) is 8.28. The van der Waals surface area contributed by atoms with Gasteiger partial charge in [-0.3, -0.25) is 0 Å². The van der Waals surface area contributed by atoms with Crippen LogP contribution in [0.3, 0.4) is 0 Å². The van der Waals surface area contributed by atoms with Gasteiger partial charge in [0.25, 0.3) is 0 Å². The third-order valence-electron chi connectivity index (χ3n) is 3.21. The molecule has 0 bridgehead atoms. The average molecular weight is 421 g/mol. The number of carbonyl (C=O) groups is 2. The molecule has 0 aliphatic carbocycles. The molecule has 0 radical (unpaired) electrons. The van der Waals surface area contributed by atoms with E-state index >= 15 is 0 Å². The second-order valence-electron chi connectivity index (χ2n) is 4.68. The van der Waals surface area contributed by atoms with Gasteiger partial charge in [-0.25, -0.2) is 9.59 Å². The van der Waals surface area contributed by atoms with Crippen molar-refractivity contribution in [2.45, 2.75) is 25.8 Å². The lowest BCUT2D eigenvalue weighted by molar-refractivity contribution is -0.0494. The molecule has 0 unspecified atom stereocenters. The van der Waals surface area contributed by atoms with Gasteiger partial charge >= 0.3 is 18.6 Å². The average Bonchev–Trinajstić information content (AvgIpc) is 2.95. The van der Waals surface area contributed by atoms with Gasteiger partial charge in [0.05, 0.1) is 18.8 Å². The van der Waals surface area contributed by atoms with Gasteiger partial charge in [-0.2, -0.15) is 8.78 Å². The summed E-state index contributed by atoms with van der Waals surface area (Å²) in [5, 5.41) is 0.287. The molecular weight excluding hydrogens is 406 g/mol. The van der Waals surface area contributed by atoms with Crippen LogP contribution in [0.1, 0.15) is 40.3 Å². The first-order valence-electron chi connectivity index (χ1n) is 7.37. The van der Waals surface area contributed by atoms with E-state index in [2.05, 4.69) is 20.7 Å². The topological polar surface area (TPSA) is 75.0 Å². The van der Waals surface area contributed by atoms with E-state index in [-0.39, 0.29) is 52.1 Å². The number of benzene rings is 1. The predicted octanol–water partition coefficient (Wildman–Crippen LogP) is 4.28. The predicted molar refractivity (Wildman–Crippen MR) is 87.4 cm³/mol. The molecule has 0 aliphatic rings. The van der Waals surface area contributed by atoms with Gasteiger partial charge in [0.1, 0.15) is 0 Å². The largest absolute Gasteiger partial charge is 0.462 e. The molecule has 136 valence electrons. The summed E-state index contributed by atoms with van der Waals surface area (Å²) in [5.74, 6) is -1.93. The summed E-state index contributed by atoms with van der Waals surface area (Å²) in [7, 11) is 0. The van der Waals surface area contributed by atoms with Crippen molar-refractivity contribution >= 4 is 38.8 Å². The van der Waals surface area contributed by atoms with Gasteiger partial charge < -0.3 is 18.6 Å². The van der Waals surface area contributed by atoms with Crippen LogP contribution in [-0.4, -0.2) is 31.8 Å². The minimum absolute atomic E-state index is 0.0761. The molecule has 0 amide bonds. The minimum Gasteiger partial charge on any atom is -0.462 e. The molecular formula is C16H15BrF2O6. The molecule has 1 aromatic carbocycles. The molecule has 1 heterocycles. The second-order valence-corrected chi connectivity index (χ2v) is 5.24. The van der Waals surface area contributed by atoms with E-state index in [0.29, 0.717) is 0 Å². The van der Waals surface area contributed by atoms with Gasteiger partial charge in [0.2, 0.25) is 5.76 Å². The van der Waals surface area contributed by atoms with Gasteiger partial charge in [-0.05, 0) is 26.0 Å². The Bertz CT molecular complexity index is 787. The molecule has 6 nitrogen and oxygen atoms in total. The number of halogens is 3. The molecule has 2 aromatic rings. The number of fused-ring (bicyclic) bond motifs is 1. The molecule has 0 aliphatic heterocycles. The summed E-state index contributed by atoms with van der Waals surface area (Å²) in [4.78, 5) is 24.3. The zero-order valence-electron chi connectivity index (χ0n) is 13.4. The first-order chi connectivity index (χ1) is 11.9. The Morgan fingerprint density at radius 1 is 1.16 bits per heavy atom. The van der Waals surface area contributed by atoms with E-state index < -0.39 is 18.6 Å². The zero-order chi connectivity index (χ0) is 18.6. The van der Waals surface area contributed by atoms with E-state index in [1.54, 1.807) is 13.8 Å². The number of carbonyl (C=O) groups excluding carboxylic acids is 2. The molecule has 1 aromatic heterocycles. The fraction of sp³-hybridized carbons (Fsp3) is 0.375. The molecule has 0 fully saturated rings. The number of hydrogen-bond donors (Lipinski definition) is 0. The minimum atomic E-state index is -3.10. The van der Waals surface area contributed by atoms with Crippen LogP contribution in [0.4, 0.5) is 8.78 Å². The van der Waals surface area contributed by atoms with E-state index in [1.165, 1.54) is 6.07 Å². The highest BCUT2D eigenvalue weighted by Gasteiger charge is 2.28. The Morgan fingerprint density at radius 3 is 2.36 bits per heavy atom. The highest BCUT2D eigenvalue weighted by Crippen LogP contribution is 2.38. The first-order valence-corrected chi connectivity index (χ1v) is 8.50. The molecule has 9 heteroatoms. The van der Waals surface area contributed by atoms with Gasteiger partial charge in [0, 0.05) is 16.3 Å². The number of furan rings is 1. The number of rotatable bonds is 7. The van der Waals surface area contributed by atoms with Crippen molar-refractivity contribution < 1.29 is 37.0 Å². The number of alkyl halides is 3. The quantitative estimate of drug-likeness (QED) is 0.491. The Labute approximate surface area is 150 Å². The van der Waals surface area contributed by atoms with E-state index in [1.807, 2.05) is 0 Å². The molecule has 25 heavy (non-hydrogen) atoms. The van der Waals surface area contributed by atoms with Crippen molar-refractivity contribution in [1.82, 2.24) is 0 Å². The first kappa shape index (κ1) is 19.2. The highest BCUT2D eigenvalue weighted by atomic mass is 79.9. The van der Waals surface area contributed by atoms with E-state index in [4.69, 9.17) is 13.9 Å². The Balaban J connectivity index is 2.75. The van der Waals surface area contributed by atoms with Gasteiger partial charge in [0.15, 0.2) is 11.3 Å². The van der Waals surface area contributed by atoms with Crippen LogP contribution in [0.2, 0.25) is 0 Å². The molecule has 0 saturated heterocycles. The standard InChI is InChI=1S/C16H15BrF2O6/c1-3-22-14(20)8-5-6-10(24-16(18)19)13-11(8)9(7-17)12(25-13)15(21)23-4-2/h5-6,16H,3-4,7H2,1-2H3. The lowest BCUT2D eigenvalue weighted by Crippen LogP contribution is -2.08. The molecule has 0 N–H and O–H groups in total. The number of ether oxygens (including phenoxy) is 3. The van der Waals surface area contributed by atoms with Crippen LogP contribution < -0.4 is 4.74 Å². The van der Waals surface area contributed by atoms with Crippen molar-refractivity contribution in [3.63, 3.8) is 0 Å². The number of hydrogen-bond acceptors (Lipinski definition) is 6. The monoisotopic (exact) mass is 420 g/mol. The molecule has 0 spiro atoms. The fourth-order valence-electron chi connectivity index (χ4n) is 2.30. The smallest absolute Gasteiger partial charge is 0.387 e. The maximum atomic E-state index is 12.6. The summed E-state index contributed by atoms with van der Waals surface area (Å²) in [5.41, 5.74) is 0.215. The molecule has 2 rings (SSSR count). The Hall–Kier alpha value is -2.16.